The second-order valence-electron chi connectivity index (χ2n) is 5.12. The van der Waals surface area contributed by atoms with Crippen LogP contribution >= 0.6 is 0 Å². The molecule has 24 heavy (non-hydrogen) atoms. The summed E-state index contributed by atoms with van der Waals surface area (Å²) >= 11 is 0. The Labute approximate surface area is 139 Å². The van der Waals surface area contributed by atoms with Crippen LogP contribution in [-0.4, -0.2) is 18.1 Å². The Balaban J connectivity index is 1.98. The number of methoxy groups -OCH3 is 1. The van der Waals surface area contributed by atoms with Crippen LogP contribution in [0.1, 0.15) is 24.1 Å². The van der Waals surface area contributed by atoms with Crippen LogP contribution in [0, 0.1) is 10.1 Å². The van der Waals surface area contributed by atoms with E-state index in [-0.39, 0.29) is 18.0 Å². The standard InChI is InChI=1S/C17H18N2O5/c1-12(14-8-9-16(23-2)15(10-14)19(21)22)18-17(20)24-11-13-6-4-3-5-7-13/h3-10,12H,11H2,1-2H3,(H,18,20)/t12-/m0/s1. The Morgan fingerprint density at radius 1 is 1.25 bits per heavy atom. The minimum atomic E-state index is -0.593. The van der Waals surface area contributed by atoms with Gasteiger partial charge in [0.25, 0.3) is 0 Å². The van der Waals surface area contributed by atoms with Crippen molar-refractivity contribution in [1.29, 1.82) is 0 Å². The average Bonchev–Trinajstić information content (AvgIpc) is 2.60. The number of nitrogens with zero attached hydrogens (tertiary/aromatic N) is 1. The van der Waals surface area contributed by atoms with E-state index in [1.165, 1.54) is 19.2 Å². The predicted octanol–water partition coefficient (Wildman–Crippen LogP) is 3.59. The number of nitrogens with one attached hydrogen (secondary N) is 1. The minimum Gasteiger partial charge on any atom is -0.490 e. The number of carbonyl (C=O) groups excluding carboxylic acids is 1. The summed E-state index contributed by atoms with van der Waals surface area (Å²) in [5.41, 5.74) is 1.31. The first-order valence-corrected chi connectivity index (χ1v) is 7.31. The smallest absolute Gasteiger partial charge is 0.407 e. The average molecular weight is 330 g/mol. The molecule has 0 unspecified atom stereocenters. The molecule has 0 aliphatic rings. The maximum Gasteiger partial charge on any atom is 0.407 e. The monoisotopic (exact) mass is 330 g/mol. The lowest BCUT2D eigenvalue weighted by atomic mass is 10.1. The number of hydrogen-bond acceptors (Lipinski definition) is 5. The molecule has 0 bridgehead atoms. The Bertz CT molecular complexity index is 718. The van der Waals surface area contributed by atoms with Crippen molar-refractivity contribution in [2.24, 2.45) is 0 Å². The van der Waals surface area contributed by atoms with E-state index in [2.05, 4.69) is 5.32 Å². The highest BCUT2D eigenvalue weighted by atomic mass is 16.6. The largest absolute Gasteiger partial charge is 0.490 e. The van der Waals surface area contributed by atoms with E-state index in [4.69, 9.17) is 9.47 Å². The molecule has 0 spiro atoms. The first kappa shape index (κ1) is 17.3. The Kier molecular flexibility index (Phi) is 5.73. The summed E-state index contributed by atoms with van der Waals surface area (Å²) in [6.07, 6.45) is -0.593. The van der Waals surface area contributed by atoms with Gasteiger partial charge >= 0.3 is 11.8 Å². The molecule has 0 saturated carbocycles. The van der Waals surface area contributed by atoms with Gasteiger partial charge in [0.15, 0.2) is 5.75 Å². The highest BCUT2D eigenvalue weighted by molar-refractivity contribution is 5.68. The highest BCUT2D eigenvalue weighted by Crippen LogP contribution is 2.29. The summed E-state index contributed by atoms with van der Waals surface area (Å²) in [7, 11) is 1.37. The zero-order valence-corrected chi connectivity index (χ0v) is 13.4. The molecule has 1 amide bonds. The molecule has 7 heteroatoms. The summed E-state index contributed by atoms with van der Waals surface area (Å²) in [6.45, 7) is 1.87. The van der Waals surface area contributed by atoms with Gasteiger partial charge in [-0.1, -0.05) is 36.4 Å². The van der Waals surface area contributed by atoms with Crippen molar-refractivity contribution in [1.82, 2.24) is 5.32 Å². The lowest BCUT2D eigenvalue weighted by Gasteiger charge is -2.15. The van der Waals surface area contributed by atoms with Gasteiger partial charge in [0.2, 0.25) is 0 Å². The third-order valence-electron chi connectivity index (χ3n) is 3.45. The van der Waals surface area contributed by atoms with Crippen molar-refractivity contribution in [2.75, 3.05) is 7.11 Å². The zero-order chi connectivity index (χ0) is 17.5. The van der Waals surface area contributed by atoms with Gasteiger partial charge in [0.1, 0.15) is 6.61 Å². The quantitative estimate of drug-likeness (QED) is 0.645. The summed E-state index contributed by atoms with van der Waals surface area (Å²) < 4.78 is 10.1. The van der Waals surface area contributed by atoms with Crippen molar-refractivity contribution in [3.63, 3.8) is 0 Å². The molecular weight excluding hydrogens is 312 g/mol. The van der Waals surface area contributed by atoms with Crippen LogP contribution in [0.4, 0.5) is 10.5 Å². The first-order valence-electron chi connectivity index (χ1n) is 7.31. The Morgan fingerprint density at radius 2 is 1.96 bits per heavy atom. The van der Waals surface area contributed by atoms with Gasteiger partial charge in [-0.3, -0.25) is 10.1 Å². The number of carbonyl (C=O) groups is 1. The normalized spacial score (nSPS) is 11.4. The number of alkyl carbamates (subject to hydrolysis) is 1. The van der Waals surface area contributed by atoms with Crippen molar-refractivity contribution >= 4 is 11.8 Å². The highest BCUT2D eigenvalue weighted by Gasteiger charge is 2.18. The summed E-state index contributed by atoms with van der Waals surface area (Å²) in [4.78, 5) is 22.4. The molecule has 0 fully saturated rings. The maximum atomic E-state index is 11.9. The van der Waals surface area contributed by atoms with Crippen LogP contribution in [0.2, 0.25) is 0 Å². The second-order valence-corrected chi connectivity index (χ2v) is 5.12. The first-order chi connectivity index (χ1) is 11.5. The van der Waals surface area contributed by atoms with Crippen molar-refractivity contribution < 1.29 is 19.2 Å². The van der Waals surface area contributed by atoms with Crippen LogP contribution in [0.25, 0.3) is 0 Å². The van der Waals surface area contributed by atoms with Crippen LogP contribution in [0.3, 0.4) is 0 Å². The molecular formula is C17H18N2O5. The molecule has 0 aromatic heterocycles. The lowest BCUT2D eigenvalue weighted by Crippen LogP contribution is -2.27. The van der Waals surface area contributed by atoms with Gasteiger partial charge in [-0.05, 0) is 24.1 Å². The number of benzene rings is 2. The zero-order valence-electron chi connectivity index (χ0n) is 13.4. The number of rotatable bonds is 6. The van der Waals surface area contributed by atoms with Gasteiger partial charge in [-0.15, -0.1) is 0 Å². The van der Waals surface area contributed by atoms with Gasteiger partial charge < -0.3 is 14.8 Å². The molecule has 1 N–H and O–H groups in total. The van der Waals surface area contributed by atoms with E-state index in [0.29, 0.717) is 5.56 Å². The molecule has 0 aliphatic heterocycles. The van der Waals surface area contributed by atoms with E-state index < -0.39 is 17.1 Å². The van der Waals surface area contributed by atoms with Crippen LogP contribution in [0.5, 0.6) is 5.75 Å². The molecule has 1 atom stereocenters. The Hall–Kier alpha value is -3.09. The van der Waals surface area contributed by atoms with Crippen molar-refractivity contribution in [2.45, 2.75) is 19.6 Å². The van der Waals surface area contributed by atoms with E-state index in [9.17, 15) is 14.9 Å². The van der Waals surface area contributed by atoms with Crippen molar-refractivity contribution in [3.8, 4) is 5.75 Å². The molecule has 0 saturated heterocycles. The lowest BCUT2D eigenvalue weighted by molar-refractivity contribution is -0.385. The summed E-state index contributed by atoms with van der Waals surface area (Å²) in [6, 6.07) is 13.4. The third kappa shape index (κ3) is 4.45. The molecule has 0 aliphatic carbocycles. The molecule has 2 aromatic rings. The third-order valence-corrected chi connectivity index (χ3v) is 3.45. The van der Waals surface area contributed by atoms with Gasteiger partial charge in [-0.2, -0.15) is 0 Å². The van der Waals surface area contributed by atoms with Crippen molar-refractivity contribution in [3.05, 3.63) is 69.8 Å². The molecule has 7 nitrogen and oxygen atoms in total. The number of ether oxygens (including phenoxy) is 2. The number of amides is 1. The number of hydrogen-bond donors (Lipinski definition) is 1. The van der Waals surface area contributed by atoms with Gasteiger partial charge in [-0.25, -0.2) is 4.79 Å². The predicted molar refractivity (Wildman–Crippen MR) is 87.8 cm³/mol. The molecule has 0 radical (unpaired) electrons. The number of nitro groups is 1. The fraction of sp³-hybridized carbons (Fsp3) is 0.235. The van der Waals surface area contributed by atoms with Crippen LogP contribution < -0.4 is 10.1 Å². The Morgan fingerprint density at radius 3 is 2.58 bits per heavy atom. The van der Waals surface area contributed by atoms with Crippen LogP contribution in [0.15, 0.2) is 48.5 Å². The fourth-order valence-corrected chi connectivity index (χ4v) is 2.14. The SMILES string of the molecule is COc1ccc([C@H](C)NC(=O)OCc2ccccc2)cc1[N+](=O)[O-]. The topological polar surface area (TPSA) is 90.7 Å². The molecule has 2 aromatic carbocycles. The minimum absolute atomic E-state index is 0.152. The molecule has 0 heterocycles. The number of nitro benzene ring substituents is 1. The van der Waals surface area contributed by atoms with E-state index in [1.54, 1.807) is 13.0 Å². The van der Waals surface area contributed by atoms with E-state index in [0.717, 1.165) is 5.56 Å². The van der Waals surface area contributed by atoms with Gasteiger partial charge in [0.05, 0.1) is 18.1 Å². The molecule has 2 rings (SSSR count). The van der Waals surface area contributed by atoms with Gasteiger partial charge in [0, 0.05) is 6.07 Å². The maximum absolute atomic E-state index is 11.9. The van der Waals surface area contributed by atoms with Crippen LogP contribution in [-0.2, 0) is 11.3 Å². The molecule has 126 valence electrons. The van der Waals surface area contributed by atoms with E-state index in [1.807, 2.05) is 30.3 Å². The van der Waals surface area contributed by atoms with E-state index >= 15 is 0 Å². The summed E-state index contributed by atoms with van der Waals surface area (Å²) in [5, 5.41) is 13.7. The second kappa shape index (κ2) is 7.96. The summed E-state index contributed by atoms with van der Waals surface area (Å²) in [5.74, 6) is 0.169. The fourth-order valence-electron chi connectivity index (χ4n) is 2.14.